The Morgan fingerprint density at radius 1 is 1.27 bits per heavy atom. The summed E-state index contributed by atoms with van der Waals surface area (Å²) in [5.74, 6) is -0.495. The van der Waals surface area contributed by atoms with Gasteiger partial charge in [-0.3, -0.25) is 14.5 Å². The minimum Gasteiger partial charge on any atom is -0.330 e. The largest absolute Gasteiger partial charge is 0.330 e. The van der Waals surface area contributed by atoms with Crippen molar-refractivity contribution in [3.8, 4) is 5.69 Å². The van der Waals surface area contributed by atoms with Crippen LogP contribution in [0.1, 0.15) is 19.0 Å². The van der Waals surface area contributed by atoms with E-state index in [9.17, 15) is 9.59 Å². The summed E-state index contributed by atoms with van der Waals surface area (Å²) in [7, 11) is 0. The Morgan fingerprint density at radius 3 is 2.64 bits per heavy atom. The molecular weight excluding hydrogens is 280 g/mol. The normalized spacial score (nSPS) is 10.5. The third-order valence-electron chi connectivity index (χ3n) is 3.38. The Labute approximate surface area is 129 Å². The average Bonchev–Trinajstić information content (AvgIpc) is 2.97. The number of hydrogen-bond donors (Lipinski definition) is 1. The molecule has 0 bridgehead atoms. The molecule has 2 N–H and O–H groups in total. The van der Waals surface area contributed by atoms with E-state index in [2.05, 4.69) is 4.98 Å². The Hall–Kier alpha value is -2.47. The maximum Gasteiger partial charge on any atom is 0.230 e. The van der Waals surface area contributed by atoms with E-state index >= 15 is 0 Å². The lowest BCUT2D eigenvalue weighted by molar-refractivity contribution is -0.143. The molecule has 0 fully saturated rings. The van der Waals surface area contributed by atoms with Crippen LogP contribution in [0, 0.1) is 0 Å². The minimum absolute atomic E-state index is 0.178. The lowest BCUT2D eigenvalue weighted by Crippen LogP contribution is -2.37. The highest BCUT2D eigenvalue weighted by Crippen LogP contribution is 2.12. The van der Waals surface area contributed by atoms with E-state index in [1.165, 1.54) is 11.8 Å². The standard InChI is InChI=1S/C16H20N4O2/c1-13(21)19(16(22)7-9-17)10-8-15-11-18-12-20(15)14-5-3-2-4-6-14/h2-6,11-12H,7-10,17H2,1H3. The van der Waals surface area contributed by atoms with E-state index in [0.717, 1.165) is 11.4 Å². The van der Waals surface area contributed by atoms with Crippen LogP contribution >= 0.6 is 0 Å². The number of amides is 2. The molecular formula is C16H20N4O2. The number of imide groups is 1. The van der Waals surface area contributed by atoms with Crippen LogP contribution in [0.2, 0.25) is 0 Å². The first-order valence-corrected chi connectivity index (χ1v) is 7.21. The third-order valence-corrected chi connectivity index (χ3v) is 3.38. The molecule has 2 amide bonds. The zero-order valence-electron chi connectivity index (χ0n) is 12.6. The van der Waals surface area contributed by atoms with Gasteiger partial charge >= 0.3 is 0 Å². The first kappa shape index (κ1) is 15.9. The summed E-state index contributed by atoms with van der Waals surface area (Å²) in [6, 6.07) is 9.81. The van der Waals surface area contributed by atoms with Gasteiger partial charge in [0.05, 0.1) is 6.33 Å². The summed E-state index contributed by atoms with van der Waals surface area (Å²) in [5.41, 5.74) is 7.33. The Bertz CT molecular complexity index is 637. The average molecular weight is 300 g/mol. The number of carbonyl (C=O) groups is 2. The van der Waals surface area contributed by atoms with Crippen molar-refractivity contribution in [1.29, 1.82) is 0 Å². The summed E-state index contributed by atoms with van der Waals surface area (Å²) in [5, 5.41) is 0. The molecule has 0 spiro atoms. The molecule has 0 aliphatic carbocycles. The molecule has 6 heteroatoms. The monoisotopic (exact) mass is 300 g/mol. The lowest BCUT2D eigenvalue weighted by Gasteiger charge is -2.19. The third kappa shape index (κ3) is 3.79. The summed E-state index contributed by atoms with van der Waals surface area (Å²) < 4.78 is 1.95. The smallest absolute Gasteiger partial charge is 0.230 e. The molecule has 1 heterocycles. The van der Waals surface area contributed by atoms with Gasteiger partial charge in [0, 0.05) is 50.4 Å². The number of carbonyl (C=O) groups excluding carboxylic acids is 2. The first-order chi connectivity index (χ1) is 10.6. The van der Waals surface area contributed by atoms with Crippen molar-refractivity contribution in [2.45, 2.75) is 19.8 Å². The number of nitrogens with two attached hydrogens (primary N) is 1. The van der Waals surface area contributed by atoms with Crippen LogP contribution in [0.15, 0.2) is 42.9 Å². The van der Waals surface area contributed by atoms with Crippen LogP contribution in [0.5, 0.6) is 0 Å². The molecule has 22 heavy (non-hydrogen) atoms. The minimum atomic E-state index is -0.260. The molecule has 0 saturated heterocycles. The Morgan fingerprint density at radius 2 is 2.00 bits per heavy atom. The zero-order valence-corrected chi connectivity index (χ0v) is 12.6. The highest BCUT2D eigenvalue weighted by molar-refractivity contribution is 5.94. The fourth-order valence-corrected chi connectivity index (χ4v) is 2.27. The van der Waals surface area contributed by atoms with Gasteiger partial charge in [-0.1, -0.05) is 18.2 Å². The van der Waals surface area contributed by atoms with Crippen molar-refractivity contribution < 1.29 is 9.59 Å². The molecule has 0 atom stereocenters. The van der Waals surface area contributed by atoms with Crippen molar-refractivity contribution in [1.82, 2.24) is 14.5 Å². The number of nitrogens with zero attached hydrogens (tertiary/aromatic N) is 3. The number of aromatic nitrogens is 2. The van der Waals surface area contributed by atoms with E-state index in [4.69, 9.17) is 5.73 Å². The molecule has 0 saturated carbocycles. The van der Waals surface area contributed by atoms with Gasteiger partial charge in [-0.25, -0.2) is 4.98 Å². The Balaban J connectivity index is 2.10. The van der Waals surface area contributed by atoms with Gasteiger partial charge in [0.2, 0.25) is 11.8 Å². The predicted octanol–water partition coefficient (Wildman–Crippen LogP) is 1.14. The molecule has 0 aliphatic heterocycles. The molecule has 1 aromatic heterocycles. The number of benzene rings is 1. The second-order valence-electron chi connectivity index (χ2n) is 4.94. The molecule has 116 valence electrons. The fourth-order valence-electron chi connectivity index (χ4n) is 2.27. The maximum absolute atomic E-state index is 11.9. The molecule has 1 aromatic carbocycles. The molecule has 0 radical (unpaired) electrons. The SMILES string of the molecule is CC(=O)N(CCc1cncn1-c1ccccc1)C(=O)CCN. The molecule has 2 rings (SSSR count). The number of rotatable bonds is 6. The molecule has 0 aliphatic rings. The first-order valence-electron chi connectivity index (χ1n) is 7.21. The summed E-state index contributed by atoms with van der Waals surface area (Å²) in [6.45, 7) is 1.96. The summed E-state index contributed by atoms with van der Waals surface area (Å²) in [4.78, 5) is 28.9. The van der Waals surface area contributed by atoms with E-state index < -0.39 is 0 Å². The second kappa shape index (κ2) is 7.51. The van der Waals surface area contributed by atoms with Gasteiger partial charge in [0.25, 0.3) is 0 Å². The van der Waals surface area contributed by atoms with Crippen LogP contribution in [-0.2, 0) is 16.0 Å². The van der Waals surface area contributed by atoms with Crippen molar-refractivity contribution in [3.63, 3.8) is 0 Å². The highest BCUT2D eigenvalue weighted by Gasteiger charge is 2.17. The second-order valence-corrected chi connectivity index (χ2v) is 4.94. The lowest BCUT2D eigenvalue weighted by atomic mass is 10.2. The van der Waals surface area contributed by atoms with Gasteiger partial charge < -0.3 is 10.3 Å². The predicted molar refractivity (Wildman–Crippen MR) is 83.3 cm³/mol. The van der Waals surface area contributed by atoms with Crippen molar-refractivity contribution in [3.05, 3.63) is 48.5 Å². The Kier molecular flexibility index (Phi) is 5.43. The number of imidazole rings is 1. The number of para-hydroxylation sites is 1. The van der Waals surface area contributed by atoms with Gasteiger partial charge in [-0.2, -0.15) is 0 Å². The fraction of sp³-hybridized carbons (Fsp3) is 0.312. The van der Waals surface area contributed by atoms with Crippen molar-refractivity contribution in [2.24, 2.45) is 5.73 Å². The van der Waals surface area contributed by atoms with Crippen LogP contribution in [-0.4, -0.2) is 39.4 Å². The molecule has 0 unspecified atom stereocenters. The van der Waals surface area contributed by atoms with Crippen LogP contribution in [0.4, 0.5) is 0 Å². The van der Waals surface area contributed by atoms with Crippen molar-refractivity contribution in [2.75, 3.05) is 13.1 Å². The molecule has 2 aromatic rings. The summed E-state index contributed by atoms with van der Waals surface area (Å²) in [6.07, 6.45) is 4.20. The van der Waals surface area contributed by atoms with Crippen LogP contribution < -0.4 is 5.73 Å². The summed E-state index contributed by atoms with van der Waals surface area (Å²) >= 11 is 0. The quantitative estimate of drug-likeness (QED) is 0.867. The van der Waals surface area contributed by atoms with E-state index in [1.54, 1.807) is 12.5 Å². The number of hydrogen-bond acceptors (Lipinski definition) is 4. The van der Waals surface area contributed by atoms with E-state index in [0.29, 0.717) is 13.0 Å². The van der Waals surface area contributed by atoms with Crippen LogP contribution in [0.3, 0.4) is 0 Å². The van der Waals surface area contributed by atoms with Crippen LogP contribution in [0.25, 0.3) is 5.69 Å². The van der Waals surface area contributed by atoms with Crippen molar-refractivity contribution >= 4 is 11.8 Å². The topological polar surface area (TPSA) is 81.2 Å². The maximum atomic E-state index is 11.9. The highest BCUT2D eigenvalue weighted by atomic mass is 16.2. The van der Waals surface area contributed by atoms with Gasteiger partial charge in [-0.05, 0) is 12.1 Å². The van der Waals surface area contributed by atoms with Gasteiger partial charge in [0.1, 0.15) is 0 Å². The van der Waals surface area contributed by atoms with Gasteiger partial charge in [0.15, 0.2) is 0 Å². The zero-order chi connectivity index (χ0) is 15.9. The van der Waals surface area contributed by atoms with E-state index in [1.807, 2.05) is 34.9 Å². The van der Waals surface area contributed by atoms with E-state index in [-0.39, 0.29) is 24.8 Å². The van der Waals surface area contributed by atoms with Gasteiger partial charge in [-0.15, -0.1) is 0 Å². The molecule has 6 nitrogen and oxygen atoms in total.